The van der Waals surface area contributed by atoms with E-state index >= 15 is 0 Å². The summed E-state index contributed by atoms with van der Waals surface area (Å²) >= 11 is 0. The molecular formula is C14H23NO4. The Morgan fingerprint density at radius 1 is 1.21 bits per heavy atom. The molecule has 0 saturated heterocycles. The van der Waals surface area contributed by atoms with E-state index in [4.69, 9.17) is 16.3 Å². The van der Waals surface area contributed by atoms with Crippen molar-refractivity contribution in [3.63, 3.8) is 0 Å². The molecule has 0 heterocycles. The molecule has 0 aliphatic rings. The van der Waals surface area contributed by atoms with E-state index in [9.17, 15) is 9.59 Å². The molecule has 0 aromatic carbocycles. The molecule has 0 spiro atoms. The molecule has 0 aromatic rings. The number of hydrogen-bond donors (Lipinski definition) is 1. The van der Waals surface area contributed by atoms with Crippen molar-refractivity contribution >= 4 is 12.2 Å². The highest BCUT2D eigenvalue weighted by Crippen LogP contribution is 2.11. The van der Waals surface area contributed by atoms with Crippen LogP contribution in [0.5, 0.6) is 0 Å². The second-order valence-electron chi connectivity index (χ2n) is 5.28. The van der Waals surface area contributed by atoms with Gasteiger partial charge in [-0.3, -0.25) is 0 Å². The first-order valence-corrected chi connectivity index (χ1v) is 6.45. The fourth-order valence-corrected chi connectivity index (χ4v) is 1.43. The summed E-state index contributed by atoms with van der Waals surface area (Å²) < 4.78 is 5.04. The van der Waals surface area contributed by atoms with E-state index in [1.54, 1.807) is 20.8 Å². The van der Waals surface area contributed by atoms with E-state index in [0.717, 1.165) is 25.7 Å². The molecule has 0 aliphatic carbocycles. The standard InChI is InChI=1S/C14H23NO4/c1-5-6-7-8-9-10-11-15(12(16)17)13(18)19-14(2,3)4/h1H,6-11H2,2-4H3,(H,16,17). The Kier molecular flexibility index (Phi) is 7.66. The zero-order chi connectivity index (χ0) is 14.9. The topological polar surface area (TPSA) is 66.8 Å². The normalized spacial score (nSPS) is 10.6. The van der Waals surface area contributed by atoms with Crippen LogP contribution in [0.15, 0.2) is 0 Å². The van der Waals surface area contributed by atoms with Gasteiger partial charge in [-0.2, -0.15) is 0 Å². The lowest BCUT2D eigenvalue weighted by Gasteiger charge is -2.24. The second kappa shape index (κ2) is 8.41. The van der Waals surface area contributed by atoms with Gasteiger partial charge in [0.25, 0.3) is 0 Å². The quantitative estimate of drug-likeness (QED) is 0.592. The highest BCUT2D eigenvalue weighted by atomic mass is 16.6. The Balaban J connectivity index is 4.10. The number of carbonyl (C=O) groups is 2. The Bertz CT molecular complexity index is 338. The number of carboxylic acid groups (broad SMARTS) is 1. The lowest BCUT2D eigenvalue weighted by Crippen LogP contribution is -2.40. The maximum Gasteiger partial charge on any atom is 0.419 e. The van der Waals surface area contributed by atoms with E-state index in [0.29, 0.717) is 11.3 Å². The van der Waals surface area contributed by atoms with Gasteiger partial charge in [-0.25, -0.2) is 14.5 Å². The van der Waals surface area contributed by atoms with Crippen LogP contribution in [0, 0.1) is 12.3 Å². The smallest absolute Gasteiger partial charge is 0.419 e. The van der Waals surface area contributed by atoms with Crippen molar-refractivity contribution in [1.29, 1.82) is 0 Å². The number of nitrogens with zero attached hydrogens (tertiary/aromatic N) is 1. The molecule has 108 valence electrons. The zero-order valence-electron chi connectivity index (χ0n) is 11.9. The lowest BCUT2D eigenvalue weighted by molar-refractivity contribution is 0.0267. The molecule has 19 heavy (non-hydrogen) atoms. The molecule has 0 aliphatic heterocycles. The van der Waals surface area contributed by atoms with Gasteiger partial charge in [0.1, 0.15) is 5.60 Å². The molecule has 1 N–H and O–H groups in total. The number of ether oxygens (including phenoxy) is 1. The van der Waals surface area contributed by atoms with Crippen LogP contribution in [0.2, 0.25) is 0 Å². The first kappa shape index (κ1) is 17.3. The lowest BCUT2D eigenvalue weighted by atomic mass is 10.1. The van der Waals surface area contributed by atoms with Crippen LogP contribution in [-0.2, 0) is 4.74 Å². The van der Waals surface area contributed by atoms with Gasteiger partial charge in [0.05, 0.1) is 0 Å². The molecule has 0 atom stereocenters. The largest absolute Gasteiger partial charge is 0.465 e. The van der Waals surface area contributed by atoms with E-state index in [-0.39, 0.29) is 6.54 Å². The van der Waals surface area contributed by atoms with Crippen LogP contribution in [0.3, 0.4) is 0 Å². The van der Waals surface area contributed by atoms with Crippen molar-refractivity contribution in [2.45, 2.75) is 58.5 Å². The van der Waals surface area contributed by atoms with Crippen LogP contribution >= 0.6 is 0 Å². The molecule has 0 bridgehead atoms. The maximum absolute atomic E-state index is 11.7. The number of carbonyl (C=O) groups excluding carboxylic acids is 1. The van der Waals surface area contributed by atoms with Crippen LogP contribution < -0.4 is 0 Å². The molecule has 0 fully saturated rings. The molecule has 2 amide bonds. The average molecular weight is 269 g/mol. The van der Waals surface area contributed by atoms with Gasteiger partial charge in [-0.05, 0) is 33.6 Å². The number of terminal acetylenes is 1. The number of imide groups is 1. The maximum atomic E-state index is 11.7. The minimum absolute atomic E-state index is 0.153. The van der Waals surface area contributed by atoms with Gasteiger partial charge in [0, 0.05) is 13.0 Å². The minimum atomic E-state index is -1.28. The predicted molar refractivity (Wildman–Crippen MR) is 72.9 cm³/mol. The average Bonchev–Trinajstić information content (AvgIpc) is 2.24. The Labute approximate surface area is 114 Å². The predicted octanol–water partition coefficient (Wildman–Crippen LogP) is 3.49. The van der Waals surface area contributed by atoms with Crippen molar-refractivity contribution < 1.29 is 19.4 Å². The second-order valence-corrected chi connectivity index (χ2v) is 5.28. The number of unbranched alkanes of at least 4 members (excludes halogenated alkanes) is 4. The summed E-state index contributed by atoms with van der Waals surface area (Å²) in [4.78, 5) is 23.4. The highest BCUT2D eigenvalue weighted by molar-refractivity contribution is 5.86. The Morgan fingerprint density at radius 2 is 1.79 bits per heavy atom. The van der Waals surface area contributed by atoms with Crippen molar-refractivity contribution in [1.82, 2.24) is 4.90 Å². The van der Waals surface area contributed by atoms with Crippen LogP contribution in [0.4, 0.5) is 9.59 Å². The summed E-state index contributed by atoms with van der Waals surface area (Å²) in [6.45, 7) is 5.25. The molecule has 0 unspecified atom stereocenters. The molecule has 5 nitrogen and oxygen atoms in total. The van der Waals surface area contributed by atoms with Gasteiger partial charge in [-0.15, -0.1) is 12.3 Å². The van der Waals surface area contributed by atoms with E-state index in [1.807, 2.05) is 0 Å². The monoisotopic (exact) mass is 269 g/mol. The summed E-state index contributed by atoms with van der Waals surface area (Å²) in [5.41, 5.74) is -0.697. The molecule has 0 radical (unpaired) electrons. The van der Waals surface area contributed by atoms with Crippen molar-refractivity contribution in [3.8, 4) is 12.3 Å². The summed E-state index contributed by atoms with van der Waals surface area (Å²) in [6, 6.07) is 0. The zero-order valence-corrected chi connectivity index (χ0v) is 11.9. The first-order valence-electron chi connectivity index (χ1n) is 6.45. The molecule has 0 rings (SSSR count). The van der Waals surface area contributed by atoms with Gasteiger partial charge in [0.2, 0.25) is 0 Å². The number of amides is 2. The minimum Gasteiger partial charge on any atom is -0.465 e. The Hall–Kier alpha value is -1.70. The van der Waals surface area contributed by atoms with E-state index in [1.165, 1.54) is 0 Å². The third-order valence-corrected chi connectivity index (χ3v) is 2.30. The number of hydrogen-bond acceptors (Lipinski definition) is 3. The van der Waals surface area contributed by atoms with Crippen LogP contribution in [0.1, 0.15) is 52.9 Å². The summed E-state index contributed by atoms with van der Waals surface area (Å²) in [7, 11) is 0. The Morgan fingerprint density at radius 3 is 2.26 bits per heavy atom. The molecule has 0 saturated carbocycles. The molecule has 0 aromatic heterocycles. The van der Waals surface area contributed by atoms with Crippen LogP contribution in [0.25, 0.3) is 0 Å². The summed E-state index contributed by atoms with van der Waals surface area (Å²) in [6.07, 6.45) is 7.09. The fraction of sp³-hybridized carbons (Fsp3) is 0.714. The van der Waals surface area contributed by atoms with Gasteiger partial charge in [-0.1, -0.05) is 12.8 Å². The highest BCUT2D eigenvalue weighted by Gasteiger charge is 2.26. The van der Waals surface area contributed by atoms with Crippen molar-refractivity contribution in [2.24, 2.45) is 0 Å². The van der Waals surface area contributed by atoms with Gasteiger partial charge >= 0.3 is 12.2 Å². The fourth-order valence-electron chi connectivity index (χ4n) is 1.43. The summed E-state index contributed by atoms with van der Waals surface area (Å²) in [5.74, 6) is 2.55. The SMILES string of the molecule is C#CCCCCCCN(C(=O)O)C(=O)OC(C)(C)C. The first-order chi connectivity index (χ1) is 8.78. The van der Waals surface area contributed by atoms with Gasteiger partial charge in [0.15, 0.2) is 0 Å². The van der Waals surface area contributed by atoms with Crippen LogP contribution in [-0.4, -0.2) is 34.3 Å². The third-order valence-electron chi connectivity index (χ3n) is 2.30. The molecular weight excluding hydrogens is 246 g/mol. The third kappa shape index (κ3) is 8.95. The van der Waals surface area contributed by atoms with Crippen molar-refractivity contribution in [2.75, 3.05) is 6.54 Å². The molecule has 5 heteroatoms. The van der Waals surface area contributed by atoms with Crippen molar-refractivity contribution in [3.05, 3.63) is 0 Å². The van der Waals surface area contributed by atoms with E-state index in [2.05, 4.69) is 5.92 Å². The van der Waals surface area contributed by atoms with E-state index < -0.39 is 17.8 Å². The summed E-state index contributed by atoms with van der Waals surface area (Å²) in [5, 5.41) is 8.98. The van der Waals surface area contributed by atoms with Gasteiger partial charge < -0.3 is 9.84 Å². The number of rotatable bonds is 6.